The molecule has 0 saturated carbocycles. The predicted octanol–water partition coefficient (Wildman–Crippen LogP) is 2.68. The van der Waals surface area contributed by atoms with Crippen LogP contribution in [0.1, 0.15) is 11.3 Å². The lowest BCUT2D eigenvalue weighted by Gasteiger charge is -2.19. The Morgan fingerprint density at radius 1 is 1.37 bits per heavy atom. The maximum Gasteiger partial charge on any atom is 0.233 e. The van der Waals surface area contributed by atoms with Crippen molar-refractivity contribution in [3.8, 4) is 5.75 Å². The van der Waals surface area contributed by atoms with Crippen molar-refractivity contribution in [3.63, 3.8) is 0 Å². The van der Waals surface area contributed by atoms with Crippen LogP contribution in [0.15, 0.2) is 29.8 Å². The zero-order chi connectivity index (χ0) is 19.4. The Morgan fingerprint density at radius 3 is 2.81 bits per heavy atom. The van der Waals surface area contributed by atoms with Gasteiger partial charge in [0, 0.05) is 29.8 Å². The first-order valence-electron chi connectivity index (χ1n) is 8.42. The van der Waals surface area contributed by atoms with Gasteiger partial charge >= 0.3 is 0 Å². The van der Waals surface area contributed by atoms with Gasteiger partial charge in [0.25, 0.3) is 0 Å². The van der Waals surface area contributed by atoms with E-state index in [0.29, 0.717) is 24.0 Å². The molecule has 2 aromatic heterocycles. The molecule has 0 unspecified atom stereocenters. The molecule has 3 rings (SSSR count). The highest BCUT2D eigenvalue weighted by Crippen LogP contribution is 2.30. The number of carbonyl (C=O) groups is 2. The minimum Gasteiger partial charge on any atom is -0.497 e. The minimum atomic E-state index is -0.0992. The van der Waals surface area contributed by atoms with Gasteiger partial charge in [-0.25, -0.2) is 4.98 Å². The third-order valence-corrected chi connectivity index (χ3v) is 5.28. The van der Waals surface area contributed by atoms with E-state index in [1.807, 2.05) is 24.4 Å². The number of thiazole rings is 1. The molecule has 0 aliphatic heterocycles. The summed E-state index contributed by atoms with van der Waals surface area (Å²) in [6, 6.07) is 5.48. The molecule has 3 aromatic rings. The number of anilines is 1. The topological polar surface area (TPSA) is 73.7 Å². The second-order valence-electron chi connectivity index (χ2n) is 5.95. The van der Waals surface area contributed by atoms with Gasteiger partial charge in [-0.2, -0.15) is 0 Å². The fourth-order valence-electron chi connectivity index (χ4n) is 3.08. The average Bonchev–Trinajstić information content (AvgIpc) is 3.29. The van der Waals surface area contributed by atoms with Crippen molar-refractivity contribution >= 4 is 39.7 Å². The smallest absolute Gasteiger partial charge is 0.233 e. The molecule has 1 amide bonds. The lowest BCUT2D eigenvalue weighted by atomic mass is 10.1. The van der Waals surface area contributed by atoms with E-state index in [1.165, 1.54) is 11.3 Å². The van der Waals surface area contributed by atoms with E-state index < -0.39 is 0 Å². The quantitative estimate of drug-likeness (QED) is 0.556. The molecule has 7 nitrogen and oxygen atoms in total. The molecular weight excluding hydrogens is 366 g/mol. The number of hydrogen-bond acceptors (Lipinski definition) is 6. The Kier molecular flexibility index (Phi) is 5.88. The van der Waals surface area contributed by atoms with Crippen molar-refractivity contribution in [3.05, 3.63) is 41.0 Å². The van der Waals surface area contributed by atoms with Gasteiger partial charge in [-0.05, 0) is 30.7 Å². The first-order valence-corrected chi connectivity index (χ1v) is 9.30. The van der Waals surface area contributed by atoms with Crippen LogP contribution in [-0.2, 0) is 20.7 Å². The molecule has 0 atom stereocenters. The van der Waals surface area contributed by atoms with E-state index in [4.69, 9.17) is 9.47 Å². The number of amides is 1. The van der Waals surface area contributed by atoms with Gasteiger partial charge in [0.2, 0.25) is 12.3 Å². The third-order valence-electron chi connectivity index (χ3n) is 4.49. The maximum atomic E-state index is 13.1. The second kappa shape index (κ2) is 8.32. The van der Waals surface area contributed by atoms with Crippen molar-refractivity contribution < 1.29 is 19.1 Å². The summed E-state index contributed by atoms with van der Waals surface area (Å²) in [7, 11) is 3.18. The average molecular weight is 387 g/mol. The summed E-state index contributed by atoms with van der Waals surface area (Å²) >= 11 is 1.40. The van der Waals surface area contributed by atoms with Crippen LogP contribution in [0, 0.1) is 6.92 Å². The zero-order valence-corrected chi connectivity index (χ0v) is 16.3. The van der Waals surface area contributed by atoms with Crippen LogP contribution in [0.25, 0.3) is 10.9 Å². The van der Waals surface area contributed by atoms with E-state index in [-0.39, 0.29) is 12.3 Å². The first kappa shape index (κ1) is 19.1. The number of aromatic nitrogens is 2. The molecule has 0 radical (unpaired) electrons. The summed E-state index contributed by atoms with van der Waals surface area (Å²) in [5, 5.41) is 3.29. The molecule has 142 valence electrons. The molecule has 0 spiro atoms. The molecule has 8 heteroatoms. The van der Waals surface area contributed by atoms with Gasteiger partial charge in [0.1, 0.15) is 5.75 Å². The van der Waals surface area contributed by atoms with Crippen molar-refractivity contribution in [2.45, 2.75) is 13.3 Å². The number of methoxy groups -OCH3 is 2. The number of ether oxygens (including phenoxy) is 2. The van der Waals surface area contributed by atoms with Crippen molar-refractivity contribution in [1.82, 2.24) is 9.55 Å². The van der Waals surface area contributed by atoms with Gasteiger partial charge in [0.15, 0.2) is 5.13 Å². The number of nitrogens with zero attached hydrogens (tertiary/aromatic N) is 3. The van der Waals surface area contributed by atoms with Crippen LogP contribution < -0.4 is 9.64 Å². The highest BCUT2D eigenvalue weighted by Gasteiger charge is 2.22. The van der Waals surface area contributed by atoms with E-state index >= 15 is 0 Å². The Labute approximate surface area is 161 Å². The minimum absolute atomic E-state index is 0.0992. The van der Waals surface area contributed by atoms with E-state index in [1.54, 1.807) is 35.9 Å². The molecule has 0 fully saturated rings. The number of rotatable bonds is 8. The normalized spacial score (nSPS) is 10.9. The molecular formula is C19H21N3O4S. The summed E-state index contributed by atoms with van der Waals surface area (Å²) < 4.78 is 12.0. The fraction of sp³-hybridized carbons (Fsp3) is 0.316. The lowest BCUT2D eigenvalue weighted by molar-refractivity contribution is -0.118. The number of benzene rings is 1. The van der Waals surface area contributed by atoms with E-state index in [0.717, 1.165) is 28.6 Å². The van der Waals surface area contributed by atoms with Crippen LogP contribution in [0.5, 0.6) is 5.75 Å². The molecule has 0 N–H and O–H groups in total. The van der Waals surface area contributed by atoms with Crippen molar-refractivity contribution in [1.29, 1.82) is 0 Å². The molecule has 0 saturated heterocycles. The summed E-state index contributed by atoms with van der Waals surface area (Å²) in [6.45, 7) is 2.66. The Balaban J connectivity index is 2.00. The summed E-state index contributed by atoms with van der Waals surface area (Å²) in [5.41, 5.74) is 2.30. The zero-order valence-electron chi connectivity index (χ0n) is 15.5. The van der Waals surface area contributed by atoms with E-state index in [9.17, 15) is 9.59 Å². The van der Waals surface area contributed by atoms with E-state index in [2.05, 4.69) is 4.98 Å². The van der Waals surface area contributed by atoms with Crippen LogP contribution in [0.2, 0.25) is 0 Å². The molecule has 2 heterocycles. The molecule has 0 bridgehead atoms. The van der Waals surface area contributed by atoms with Gasteiger partial charge in [0.05, 0.1) is 32.2 Å². The monoisotopic (exact) mass is 387 g/mol. The van der Waals surface area contributed by atoms with Crippen molar-refractivity contribution in [2.75, 3.05) is 32.3 Å². The summed E-state index contributed by atoms with van der Waals surface area (Å²) in [4.78, 5) is 30.5. The van der Waals surface area contributed by atoms with Crippen LogP contribution in [0.3, 0.4) is 0 Å². The lowest BCUT2D eigenvalue weighted by Crippen LogP contribution is -2.35. The van der Waals surface area contributed by atoms with Crippen LogP contribution in [0.4, 0.5) is 5.13 Å². The molecule has 0 aliphatic carbocycles. The van der Waals surface area contributed by atoms with Gasteiger partial charge in [-0.3, -0.25) is 19.1 Å². The molecule has 0 aliphatic rings. The Hall–Kier alpha value is -2.71. The van der Waals surface area contributed by atoms with Crippen LogP contribution >= 0.6 is 11.3 Å². The fourth-order valence-corrected chi connectivity index (χ4v) is 3.76. The highest BCUT2D eigenvalue weighted by molar-refractivity contribution is 7.13. The predicted molar refractivity (Wildman–Crippen MR) is 105 cm³/mol. The highest BCUT2D eigenvalue weighted by atomic mass is 32.1. The van der Waals surface area contributed by atoms with Gasteiger partial charge in [-0.15, -0.1) is 11.3 Å². The SMILES string of the molecule is COCCN(C(=O)Cc1c(C)n(C=O)c2ccc(OC)cc12)c1nccs1. The number of fused-ring (bicyclic) bond motifs is 1. The maximum absolute atomic E-state index is 13.1. The van der Waals surface area contributed by atoms with Gasteiger partial charge < -0.3 is 9.47 Å². The Bertz CT molecular complexity index is 950. The Morgan fingerprint density at radius 2 is 2.19 bits per heavy atom. The van der Waals surface area contributed by atoms with Crippen LogP contribution in [-0.4, -0.2) is 49.2 Å². The second-order valence-corrected chi connectivity index (χ2v) is 6.83. The largest absolute Gasteiger partial charge is 0.497 e. The molecule has 27 heavy (non-hydrogen) atoms. The standard InChI is InChI=1S/C19H21N3O4S/c1-13-15(16-10-14(26-3)4-5-17(16)22(13)12-23)11-18(24)21(7-8-25-2)19-20-6-9-27-19/h4-6,9-10,12H,7-8,11H2,1-3H3. The van der Waals surface area contributed by atoms with Gasteiger partial charge in [-0.1, -0.05) is 0 Å². The summed E-state index contributed by atoms with van der Waals surface area (Å²) in [6.07, 6.45) is 2.59. The van der Waals surface area contributed by atoms with Crippen molar-refractivity contribution in [2.24, 2.45) is 0 Å². The molecule has 1 aromatic carbocycles. The third kappa shape index (κ3) is 3.72. The number of hydrogen-bond donors (Lipinski definition) is 0. The number of carbonyl (C=O) groups excluding carboxylic acids is 2. The summed E-state index contributed by atoms with van der Waals surface area (Å²) in [5.74, 6) is 0.577. The first-order chi connectivity index (χ1) is 13.1.